The number of halogens is 1. The van der Waals surface area contributed by atoms with Crippen LogP contribution in [0.5, 0.6) is 0 Å². The van der Waals surface area contributed by atoms with Gasteiger partial charge in [0, 0.05) is 11.8 Å². The number of rotatable bonds is 2. The fourth-order valence-electron chi connectivity index (χ4n) is 1.48. The highest BCUT2D eigenvalue weighted by molar-refractivity contribution is 5.64. The second-order valence-corrected chi connectivity index (χ2v) is 4.14. The summed E-state index contributed by atoms with van der Waals surface area (Å²) in [6.07, 6.45) is 6.02. The fraction of sp³-hybridized carbons (Fsp3) is 0.154. The molecule has 0 fully saturated rings. The van der Waals surface area contributed by atoms with Gasteiger partial charge in [0.1, 0.15) is 17.3 Å². The smallest absolute Gasteiger partial charge is 0.149 e. The van der Waals surface area contributed by atoms with Gasteiger partial charge in [0.05, 0.1) is 18.1 Å². The first-order chi connectivity index (χ1) is 8.56. The van der Waals surface area contributed by atoms with E-state index in [1.54, 1.807) is 0 Å². The molecule has 18 heavy (non-hydrogen) atoms. The summed E-state index contributed by atoms with van der Waals surface area (Å²) < 4.78 is 13.1. The molecule has 0 aliphatic rings. The van der Waals surface area contributed by atoms with Gasteiger partial charge >= 0.3 is 0 Å². The molecule has 0 spiro atoms. The summed E-state index contributed by atoms with van der Waals surface area (Å²) in [6, 6.07) is 1.36. The molecular formula is C13H13FN4. The third-order valence-electron chi connectivity index (χ3n) is 2.26. The predicted molar refractivity (Wildman–Crippen MR) is 69.0 cm³/mol. The van der Waals surface area contributed by atoms with E-state index in [9.17, 15) is 4.39 Å². The van der Waals surface area contributed by atoms with Gasteiger partial charge in [-0.3, -0.25) is 4.98 Å². The third-order valence-corrected chi connectivity index (χ3v) is 2.26. The van der Waals surface area contributed by atoms with Gasteiger partial charge in [-0.2, -0.15) is 0 Å². The number of allylic oxidation sites excluding steroid dienone is 1. The molecular weight excluding hydrogens is 231 g/mol. The summed E-state index contributed by atoms with van der Waals surface area (Å²) in [4.78, 5) is 12.2. The van der Waals surface area contributed by atoms with E-state index in [0.29, 0.717) is 22.8 Å². The lowest BCUT2D eigenvalue weighted by molar-refractivity contribution is 0.622. The van der Waals surface area contributed by atoms with Crippen molar-refractivity contribution in [2.24, 2.45) is 0 Å². The first kappa shape index (κ1) is 12.2. The quantitative estimate of drug-likeness (QED) is 0.882. The molecule has 0 aromatic carbocycles. The van der Waals surface area contributed by atoms with Gasteiger partial charge in [-0.25, -0.2) is 14.4 Å². The third kappa shape index (κ3) is 2.68. The van der Waals surface area contributed by atoms with Crippen LogP contribution in [0.25, 0.3) is 17.3 Å². The second-order valence-electron chi connectivity index (χ2n) is 4.14. The Morgan fingerprint density at radius 1 is 1.28 bits per heavy atom. The Hall–Kier alpha value is -2.30. The number of aromatic nitrogens is 3. The van der Waals surface area contributed by atoms with Crippen LogP contribution in [-0.4, -0.2) is 15.0 Å². The molecule has 0 aliphatic heterocycles. The molecule has 0 amide bonds. The molecule has 2 aromatic rings. The van der Waals surface area contributed by atoms with Crippen LogP contribution in [0, 0.1) is 5.82 Å². The largest absolute Gasteiger partial charge is 0.382 e. The topological polar surface area (TPSA) is 64.7 Å². The van der Waals surface area contributed by atoms with Crippen molar-refractivity contribution in [1.29, 1.82) is 0 Å². The molecule has 2 N–H and O–H groups in total. The molecule has 4 nitrogen and oxygen atoms in total. The first-order valence-electron chi connectivity index (χ1n) is 5.44. The van der Waals surface area contributed by atoms with Gasteiger partial charge < -0.3 is 5.73 Å². The number of nitrogens with zero attached hydrogens (tertiary/aromatic N) is 3. The predicted octanol–water partition coefficient (Wildman–Crippen LogP) is 2.68. The molecule has 0 aliphatic carbocycles. The zero-order valence-corrected chi connectivity index (χ0v) is 10.2. The van der Waals surface area contributed by atoms with Crippen LogP contribution < -0.4 is 5.73 Å². The summed E-state index contributed by atoms with van der Waals surface area (Å²) in [5.74, 6) is -0.0563. The SMILES string of the molecule is CC(C)=Cc1nc(-c2cncc(F)c2)cnc1N. The number of hydrogen-bond acceptors (Lipinski definition) is 4. The Labute approximate surface area is 104 Å². The average Bonchev–Trinajstić information content (AvgIpc) is 2.31. The van der Waals surface area contributed by atoms with Gasteiger partial charge in [-0.1, -0.05) is 5.57 Å². The van der Waals surface area contributed by atoms with Crippen molar-refractivity contribution in [2.75, 3.05) is 5.73 Å². The van der Waals surface area contributed by atoms with Gasteiger partial charge in [0.2, 0.25) is 0 Å². The molecule has 0 unspecified atom stereocenters. The van der Waals surface area contributed by atoms with E-state index in [-0.39, 0.29) is 0 Å². The number of anilines is 1. The van der Waals surface area contributed by atoms with Crippen LogP contribution in [0.3, 0.4) is 0 Å². The van der Waals surface area contributed by atoms with Crippen molar-refractivity contribution < 1.29 is 4.39 Å². The van der Waals surface area contributed by atoms with Crippen LogP contribution in [0.4, 0.5) is 10.2 Å². The van der Waals surface area contributed by atoms with Gasteiger partial charge in [0.15, 0.2) is 0 Å². The second kappa shape index (κ2) is 4.91. The van der Waals surface area contributed by atoms with Crippen LogP contribution in [-0.2, 0) is 0 Å². The number of pyridine rings is 1. The Kier molecular flexibility index (Phi) is 3.32. The van der Waals surface area contributed by atoms with Crippen molar-refractivity contribution in [2.45, 2.75) is 13.8 Å². The van der Waals surface area contributed by atoms with Gasteiger partial charge in [0.25, 0.3) is 0 Å². The maximum atomic E-state index is 13.1. The minimum absolute atomic E-state index is 0.351. The van der Waals surface area contributed by atoms with E-state index < -0.39 is 5.82 Å². The molecule has 2 aromatic heterocycles. The molecule has 0 atom stereocenters. The Morgan fingerprint density at radius 2 is 2.06 bits per heavy atom. The molecule has 0 saturated heterocycles. The fourth-order valence-corrected chi connectivity index (χ4v) is 1.48. The highest BCUT2D eigenvalue weighted by Gasteiger charge is 2.06. The number of nitrogens with two attached hydrogens (primary N) is 1. The van der Waals surface area contributed by atoms with E-state index in [1.807, 2.05) is 19.9 Å². The van der Waals surface area contributed by atoms with Crippen molar-refractivity contribution in [3.63, 3.8) is 0 Å². The summed E-state index contributed by atoms with van der Waals surface area (Å²) in [7, 11) is 0. The summed E-state index contributed by atoms with van der Waals surface area (Å²) in [5, 5.41) is 0. The number of nitrogen functional groups attached to an aromatic ring is 1. The molecule has 2 rings (SSSR count). The first-order valence-corrected chi connectivity index (χ1v) is 5.44. The van der Waals surface area contributed by atoms with E-state index in [1.165, 1.54) is 18.5 Å². The average molecular weight is 244 g/mol. The lowest BCUT2D eigenvalue weighted by Crippen LogP contribution is -1.99. The Bertz CT molecular complexity index is 604. The van der Waals surface area contributed by atoms with Crippen molar-refractivity contribution in [3.8, 4) is 11.3 Å². The summed E-state index contributed by atoms with van der Waals surface area (Å²) in [6.45, 7) is 3.88. The van der Waals surface area contributed by atoms with E-state index >= 15 is 0 Å². The standard InChI is InChI=1S/C13H13FN4/c1-8(2)3-11-13(15)17-7-12(18-11)9-4-10(14)6-16-5-9/h3-7H,1-2H3,(H2,15,17). The van der Waals surface area contributed by atoms with Crippen molar-refractivity contribution in [3.05, 3.63) is 41.7 Å². The molecule has 5 heteroatoms. The van der Waals surface area contributed by atoms with Gasteiger partial charge in [-0.15, -0.1) is 0 Å². The van der Waals surface area contributed by atoms with Gasteiger partial charge in [-0.05, 0) is 26.0 Å². The number of hydrogen-bond donors (Lipinski definition) is 1. The van der Waals surface area contributed by atoms with E-state index in [0.717, 1.165) is 11.8 Å². The minimum atomic E-state index is -0.408. The van der Waals surface area contributed by atoms with E-state index in [2.05, 4.69) is 15.0 Å². The highest BCUT2D eigenvalue weighted by Crippen LogP contribution is 2.19. The summed E-state index contributed by atoms with van der Waals surface area (Å²) >= 11 is 0. The summed E-state index contributed by atoms with van der Waals surface area (Å²) in [5.41, 5.74) is 8.50. The lowest BCUT2D eigenvalue weighted by atomic mass is 10.2. The van der Waals surface area contributed by atoms with Crippen LogP contribution in [0.15, 0.2) is 30.2 Å². The highest BCUT2D eigenvalue weighted by atomic mass is 19.1. The van der Waals surface area contributed by atoms with Crippen LogP contribution in [0.1, 0.15) is 19.5 Å². The zero-order valence-electron chi connectivity index (χ0n) is 10.2. The zero-order chi connectivity index (χ0) is 13.1. The Balaban J connectivity index is 2.50. The van der Waals surface area contributed by atoms with Crippen LogP contribution >= 0.6 is 0 Å². The molecule has 0 radical (unpaired) electrons. The van der Waals surface area contributed by atoms with Crippen molar-refractivity contribution >= 4 is 11.9 Å². The van der Waals surface area contributed by atoms with Crippen molar-refractivity contribution in [1.82, 2.24) is 15.0 Å². The molecule has 2 heterocycles. The maximum Gasteiger partial charge on any atom is 0.149 e. The Morgan fingerprint density at radius 3 is 2.72 bits per heavy atom. The normalized spacial score (nSPS) is 10.2. The molecule has 0 saturated carbocycles. The monoisotopic (exact) mass is 244 g/mol. The lowest BCUT2D eigenvalue weighted by Gasteiger charge is -2.04. The van der Waals surface area contributed by atoms with Crippen LogP contribution in [0.2, 0.25) is 0 Å². The molecule has 0 bridgehead atoms. The maximum absolute atomic E-state index is 13.1. The minimum Gasteiger partial charge on any atom is -0.382 e. The molecule has 92 valence electrons. The van der Waals surface area contributed by atoms with E-state index in [4.69, 9.17) is 5.73 Å².